The molecule has 0 fully saturated rings. The van der Waals surface area contributed by atoms with Gasteiger partial charge < -0.3 is 9.30 Å². The summed E-state index contributed by atoms with van der Waals surface area (Å²) in [5.74, 6) is 0.920. The summed E-state index contributed by atoms with van der Waals surface area (Å²) in [4.78, 5) is 4.44. The second-order valence-electron chi connectivity index (χ2n) is 5.32. The van der Waals surface area contributed by atoms with Crippen LogP contribution in [0.2, 0.25) is 0 Å². The van der Waals surface area contributed by atoms with E-state index in [1.807, 2.05) is 6.33 Å². The Bertz CT molecular complexity index is 371. The van der Waals surface area contributed by atoms with E-state index in [2.05, 4.69) is 44.2 Å². The molecule has 0 saturated carbocycles. The zero-order valence-electron chi connectivity index (χ0n) is 10.9. The van der Waals surface area contributed by atoms with Crippen LogP contribution in [0.1, 0.15) is 39.1 Å². The maximum absolute atomic E-state index is 6.19. The zero-order valence-corrected chi connectivity index (χ0v) is 10.9. The van der Waals surface area contributed by atoms with Gasteiger partial charge in [-0.15, -0.1) is 0 Å². The predicted octanol–water partition coefficient (Wildman–Crippen LogP) is 2.73. The maximum atomic E-state index is 6.19. The summed E-state index contributed by atoms with van der Waals surface area (Å²) in [5, 5.41) is 0. The van der Waals surface area contributed by atoms with E-state index >= 15 is 0 Å². The lowest BCUT2D eigenvalue weighted by atomic mass is 9.76. The second-order valence-corrected chi connectivity index (χ2v) is 5.32. The summed E-state index contributed by atoms with van der Waals surface area (Å²) in [7, 11) is 0. The van der Waals surface area contributed by atoms with Crippen LogP contribution < -0.4 is 0 Å². The lowest BCUT2D eigenvalue weighted by Crippen LogP contribution is -2.46. The second kappa shape index (κ2) is 3.88. The van der Waals surface area contributed by atoms with Crippen LogP contribution in [0.25, 0.3) is 0 Å². The minimum absolute atomic E-state index is 0.168. The van der Waals surface area contributed by atoms with Crippen molar-refractivity contribution in [3.05, 3.63) is 17.7 Å². The smallest absolute Gasteiger partial charge is 0.114 e. The van der Waals surface area contributed by atoms with Gasteiger partial charge in [-0.05, 0) is 18.8 Å². The molecule has 1 aromatic rings. The number of fused-ring (bicyclic) bond motifs is 1. The lowest BCUT2D eigenvalue weighted by Gasteiger charge is -2.44. The highest BCUT2D eigenvalue weighted by Crippen LogP contribution is 2.43. The fraction of sp³-hybridized carbons (Fsp3) is 0.769. The van der Waals surface area contributed by atoms with Gasteiger partial charge in [0.05, 0.1) is 24.3 Å². The average Bonchev–Trinajstić information content (AvgIpc) is 2.60. The normalized spacial score (nSPS) is 19.2. The molecule has 0 amide bonds. The third kappa shape index (κ3) is 1.41. The van der Waals surface area contributed by atoms with E-state index in [0.29, 0.717) is 11.8 Å². The number of aromatic nitrogens is 2. The molecule has 0 unspecified atom stereocenters. The van der Waals surface area contributed by atoms with Crippen LogP contribution >= 0.6 is 0 Å². The van der Waals surface area contributed by atoms with Crippen LogP contribution in [-0.4, -0.2) is 16.2 Å². The first kappa shape index (κ1) is 11.6. The minimum atomic E-state index is -0.168. The molecule has 2 rings (SSSR count). The van der Waals surface area contributed by atoms with Gasteiger partial charge in [0.15, 0.2) is 0 Å². The highest BCUT2D eigenvalue weighted by Gasteiger charge is 2.45. The van der Waals surface area contributed by atoms with Gasteiger partial charge >= 0.3 is 0 Å². The summed E-state index contributed by atoms with van der Waals surface area (Å²) in [6.45, 7) is 12.8. The molecule has 3 heteroatoms. The molecule has 2 heterocycles. The van der Waals surface area contributed by atoms with Crippen LogP contribution in [-0.2, 0) is 16.9 Å². The van der Waals surface area contributed by atoms with Gasteiger partial charge in [-0.1, -0.05) is 27.7 Å². The zero-order chi connectivity index (χ0) is 11.9. The number of imidazole rings is 1. The fourth-order valence-electron chi connectivity index (χ4n) is 3.09. The molecule has 0 atom stereocenters. The third-order valence-corrected chi connectivity index (χ3v) is 3.78. The number of hydrogen-bond donors (Lipinski definition) is 0. The molecule has 0 N–H and O–H groups in total. The Morgan fingerprint density at radius 2 is 1.94 bits per heavy atom. The third-order valence-electron chi connectivity index (χ3n) is 3.78. The summed E-state index contributed by atoms with van der Waals surface area (Å²) in [5.41, 5.74) is 2.23. The Balaban J connectivity index is 2.60. The Kier molecular flexibility index (Phi) is 2.82. The van der Waals surface area contributed by atoms with Gasteiger partial charge in [0.2, 0.25) is 0 Å². The van der Waals surface area contributed by atoms with E-state index in [9.17, 15) is 0 Å². The first-order chi connectivity index (χ1) is 7.50. The van der Waals surface area contributed by atoms with Crippen molar-refractivity contribution >= 4 is 0 Å². The summed E-state index contributed by atoms with van der Waals surface area (Å²) >= 11 is 0. The number of rotatable bonds is 2. The molecule has 0 saturated heterocycles. The van der Waals surface area contributed by atoms with Crippen LogP contribution in [0.15, 0.2) is 6.33 Å². The van der Waals surface area contributed by atoms with Crippen molar-refractivity contribution < 1.29 is 4.74 Å². The molecule has 0 aromatic carbocycles. The molecular weight excluding hydrogens is 200 g/mol. The molecule has 0 bridgehead atoms. The van der Waals surface area contributed by atoms with Crippen molar-refractivity contribution in [2.45, 2.75) is 46.8 Å². The number of aryl methyl sites for hydroxylation is 1. The number of ether oxygens (including phenoxy) is 1. The van der Waals surface area contributed by atoms with Crippen LogP contribution in [0.5, 0.6) is 0 Å². The topological polar surface area (TPSA) is 27.1 Å². The van der Waals surface area contributed by atoms with Crippen molar-refractivity contribution in [1.82, 2.24) is 9.55 Å². The number of hydrogen-bond acceptors (Lipinski definition) is 2. The average molecular weight is 222 g/mol. The van der Waals surface area contributed by atoms with Crippen molar-refractivity contribution in [2.75, 3.05) is 6.61 Å². The molecule has 16 heavy (non-hydrogen) atoms. The molecule has 1 aliphatic heterocycles. The molecule has 0 spiro atoms. The monoisotopic (exact) mass is 222 g/mol. The molecule has 0 radical (unpaired) electrons. The Labute approximate surface area is 97.8 Å². The quantitative estimate of drug-likeness (QED) is 0.769. The van der Waals surface area contributed by atoms with E-state index in [1.54, 1.807) is 0 Å². The SMILES string of the molecule is Cc1ncn2c1C(C(C)C)(C(C)C)OCC2. The van der Waals surface area contributed by atoms with Crippen molar-refractivity contribution in [3.8, 4) is 0 Å². The molecule has 0 aliphatic carbocycles. The van der Waals surface area contributed by atoms with Crippen LogP contribution in [0, 0.1) is 18.8 Å². The van der Waals surface area contributed by atoms with E-state index < -0.39 is 0 Å². The standard InChI is InChI=1S/C13H22N2O/c1-9(2)13(10(3)4)12-11(5)14-8-15(12)6-7-16-13/h8-10H,6-7H2,1-5H3. The van der Waals surface area contributed by atoms with Gasteiger partial charge in [0.25, 0.3) is 0 Å². The van der Waals surface area contributed by atoms with E-state index in [1.165, 1.54) is 5.69 Å². The molecule has 90 valence electrons. The first-order valence-corrected chi connectivity index (χ1v) is 6.16. The highest BCUT2D eigenvalue weighted by atomic mass is 16.5. The minimum Gasteiger partial charge on any atom is -0.366 e. The van der Waals surface area contributed by atoms with Crippen LogP contribution in [0.4, 0.5) is 0 Å². The van der Waals surface area contributed by atoms with E-state index in [0.717, 1.165) is 18.8 Å². The maximum Gasteiger partial charge on any atom is 0.114 e. The van der Waals surface area contributed by atoms with Crippen LogP contribution in [0.3, 0.4) is 0 Å². The van der Waals surface area contributed by atoms with Crippen molar-refractivity contribution in [2.24, 2.45) is 11.8 Å². The fourth-order valence-corrected chi connectivity index (χ4v) is 3.09. The van der Waals surface area contributed by atoms with E-state index in [-0.39, 0.29) is 5.60 Å². The van der Waals surface area contributed by atoms with Gasteiger partial charge in [0.1, 0.15) is 5.60 Å². The predicted molar refractivity (Wildman–Crippen MR) is 64.3 cm³/mol. The molecule has 1 aliphatic rings. The Morgan fingerprint density at radius 3 is 2.50 bits per heavy atom. The van der Waals surface area contributed by atoms with Crippen molar-refractivity contribution in [1.29, 1.82) is 0 Å². The highest BCUT2D eigenvalue weighted by molar-refractivity contribution is 5.23. The summed E-state index contributed by atoms with van der Waals surface area (Å²) in [6.07, 6.45) is 1.95. The summed E-state index contributed by atoms with van der Waals surface area (Å²) < 4.78 is 8.46. The summed E-state index contributed by atoms with van der Waals surface area (Å²) in [6, 6.07) is 0. The lowest BCUT2D eigenvalue weighted by molar-refractivity contribution is -0.140. The molecule has 3 nitrogen and oxygen atoms in total. The van der Waals surface area contributed by atoms with Gasteiger partial charge in [-0.3, -0.25) is 0 Å². The van der Waals surface area contributed by atoms with Gasteiger partial charge in [-0.25, -0.2) is 4.98 Å². The number of nitrogens with zero attached hydrogens (tertiary/aromatic N) is 2. The Morgan fingerprint density at radius 1 is 1.31 bits per heavy atom. The van der Waals surface area contributed by atoms with Crippen molar-refractivity contribution in [3.63, 3.8) is 0 Å². The largest absolute Gasteiger partial charge is 0.366 e. The molecule has 1 aromatic heterocycles. The first-order valence-electron chi connectivity index (χ1n) is 6.16. The van der Waals surface area contributed by atoms with Gasteiger partial charge in [-0.2, -0.15) is 0 Å². The van der Waals surface area contributed by atoms with E-state index in [4.69, 9.17) is 4.74 Å². The Hall–Kier alpha value is -0.830. The molecular formula is C13H22N2O. The van der Waals surface area contributed by atoms with Gasteiger partial charge in [0, 0.05) is 6.54 Å².